The van der Waals surface area contributed by atoms with Crippen LogP contribution < -0.4 is 5.32 Å². The van der Waals surface area contributed by atoms with Crippen molar-refractivity contribution < 1.29 is 22.8 Å². The summed E-state index contributed by atoms with van der Waals surface area (Å²) >= 11 is 0. The van der Waals surface area contributed by atoms with Crippen LogP contribution in [0.5, 0.6) is 0 Å². The highest BCUT2D eigenvalue weighted by Gasteiger charge is 2.43. The molecule has 8 heteroatoms. The maximum atomic E-state index is 12.4. The maximum absolute atomic E-state index is 12.4. The minimum Gasteiger partial charge on any atom is -0.362 e. The molecule has 0 bridgehead atoms. The number of aromatic nitrogens is 1. The summed E-state index contributed by atoms with van der Waals surface area (Å²) in [5, 5.41) is 2.83. The Hall–Kier alpha value is -1.99. The monoisotopic (exact) mass is 345 g/mol. The van der Waals surface area contributed by atoms with E-state index in [1.54, 1.807) is 0 Å². The van der Waals surface area contributed by atoms with Gasteiger partial charge in [0.05, 0.1) is 0 Å². The molecule has 1 saturated heterocycles. The fraction of sp³-hybridized carbons (Fsp3) is 0.625. The number of hydrogen-bond donors (Lipinski definition) is 2. The lowest BCUT2D eigenvalue weighted by Gasteiger charge is -2.31. The zero-order valence-corrected chi connectivity index (χ0v) is 13.8. The summed E-state index contributed by atoms with van der Waals surface area (Å²) in [5.41, 5.74) is 3.27. The molecule has 0 aliphatic carbocycles. The third-order valence-electron chi connectivity index (χ3n) is 4.35. The molecule has 134 valence electrons. The number of halogens is 3. The third-order valence-corrected chi connectivity index (χ3v) is 4.35. The smallest absolute Gasteiger partial charge is 0.362 e. The van der Waals surface area contributed by atoms with Crippen LogP contribution in [0.3, 0.4) is 0 Å². The second-order valence-corrected chi connectivity index (χ2v) is 6.21. The van der Waals surface area contributed by atoms with Gasteiger partial charge in [0.1, 0.15) is 0 Å². The van der Waals surface area contributed by atoms with Crippen molar-refractivity contribution in [3.8, 4) is 0 Å². The minimum absolute atomic E-state index is 0.0352. The minimum atomic E-state index is -4.85. The number of amides is 2. The molecule has 24 heavy (non-hydrogen) atoms. The van der Waals surface area contributed by atoms with E-state index in [1.807, 2.05) is 19.9 Å². The first kappa shape index (κ1) is 18.4. The number of nitrogens with one attached hydrogen (secondary N) is 2. The van der Waals surface area contributed by atoms with Crippen LogP contribution in [-0.4, -0.2) is 47.5 Å². The number of aromatic amines is 1. The topological polar surface area (TPSA) is 65.2 Å². The van der Waals surface area contributed by atoms with Crippen LogP contribution in [-0.2, 0) is 16.0 Å². The molecule has 2 N–H and O–H groups in total. The SMILES string of the molecule is Cc1cc(CCNC(=O)C2CCN(C(=O)C(F)(F)F)CC2)c(C)[nH]1. The van der Waals surface area contributed by atoms with Crippen molar-refractivity contribution in [1.82, 2.24) is 15.2 Å². The third kappa shape index (κ3) is 4.52. The molecule has 1 aromatic heterocycles. The van der Waals surface area contributed by atoms with Gasteiger partial charge in [0.2, 0.25) is 5.91 Å². The normalized spacial score (nSPS) is 16.3. The standard InChI is InChI=1S/C16H22F3N3O2/c1-10-9-13(11(2)21-10)3-6-20-14(23)12-4-7-22(8-5-12)15(24)16(17,18)19/h9,12,21H,3-8H2,1-2H3,(H,20,23). The second kappa shape index (κ2) is 7.27. The van der Waals surface area contributed by atoms with E-state index < -0.39 is 12.1 Å². The van der Waals surface area contributed by atoms with Gasteiger partial charge in [-0.1, -0.05) is 0 Å². The average molecular weight is 345 g/mol. The summed E-state index contributed by atoms with van der Waals surface area (Å²) < 4.78 is 37.1. The van der Waals surface area contributed by atoms with Crippen molar-refractivity contribution in [3.63, 3.8) is 0 Å². The number of carbonyl (C=O) groups excluding carboxylic acids is 2. The van der Waals surface area contributed by atoms with Gasteiger partial charge in [0, 0.05) is 36.9 Å². The van der Waals surface area contributed by atoms with Crippen molar-refractivity contribution in [1.29, 1.82) is 0 Å². The lowest BCUT2D eigenvalue weighted by molar-refractivity contribution is -0.186. The molecular weight excluding hydrogens is 323 g/mol. The highest BCUT2D eigenvalue weighted by atomic mass is 19.4. The zero-order chi connectivity index (χ0) is 17.9. The zero-order valence-electron chi connectivity index (χ0n) is 13.8. The first-order chi connectivity index (χ1) is 11.2. The van der Waals surface area contributed by atoms with Gasteiger partial charge in [-0.3, -0.25) is 9.59 Å². The average Bonchev–Trinajstić information content (AvgIpc) is 2.83. The Balaban J connectivity index is 1.75. The van der Waals surface area contributed by atoms with Gasteiger partial charge in [0.25, 0.3) is 0 Å². The van der Waals surface area contributed by atoms with E-state index in [4.69, 9.17) is 0 Å². The van der Waals surface area contributed by atoms with Gasteiger partial charge < -0.3 is 15.2 Å². The molecule has 0 spiro atoms. The Bertz CT molecular complexity index is 602. The number of alkyl halides is 3. The Kier molecular flexibility index (Phi) is 5.56. The molecule has 0 atom stereocenters. The van der Waals surface area contributed by atoms with Crippen LogP contribution in [0.1, 0.15) is 29.8 Å². The predicted octanol–water partition coefficient (Wildman–Crippen LogP) is 2.09. The van der Waals surface area contributed by atoms with Crippen LogP contribution in [0.15, 0.2) is 6.07 Å². The van der Waals surface area contributed by atoms with E-state index in [0.29, 0.717) is 13.0 Å². The number of piperidine rings is 1. The Morgan fingerprint density at radius 2 is 1.92 bits per heavy atom. The molecule has 0 radical (unpaired) electrons. The van der Waals surface area contributed by atoms with Crippen LogP contribution in [0.2, 0.25) is 0 Å². The van der Waals surface area contributed by atoms with E-state index in [-0.39, 0.29) is 37.8 Å². The second-order valence-electron chi connectivity index (χ2n) is 6.21. The van der Waals surface area contributed by atoms with Crippen molar-refractivity contribution >= 4 is 11.8 Å². The number of rotatable bonds is 4. The first-order valence-electron chi connectivity index (χ1n) is 7.97. The van der Waals surface area contributed by atoms with Gasteiger partial charge in [-0.25, -0.2) is 0 Å². The quantitative estimate of drug-likeness (QED) is 0.878. The molecule has 0 unspecified atom stereocenters. The van der Waals surface area contributed by atoms with Crippen molar-refractivity contribution in [3.05, 3.63) is 23.0 Å². The van der Waals surface area contributed by atoms with E-state index in [1.165, 1.54) is 0 Å². The Morgan fingerprint density at radius 3 is 2.42 bits per heavy atom. The van der Waals surface area contributed by atoms with Crippen LogP contribution in [0, 0.1) is 19.8 Å². The summed E-state index contributed by atoms with van der Waals surface area (Å²) in [5.74, 6) is -2.31. The molecule has 0 aromatic carbocycles. The fourth-order valence-corrected chi connectivity index (χ4v) is 3.03. The molecular formula is C16H22F3N3O2. The highest BCUT2D eigenvalue weighted by molar-refractivity contribution is 5.83. The molecule has 2 heterocycles. The van der Waals surface area contributed by atoms with Gasteiger partial charge in [-0.05, 0) is 44.7 Å². The summed E-state index contributed by atoms with van der Waals surface area (Å²) in [6.07, 6.45) is -3.62. The van der Waals surface area contributed by atoms with Crippen LogP contribution >= 0.6 is 0 Å². The molecule has 1 aromatic rings. The molecule has 1 aliphatic rings. The van der Waals surface area contributed by atoms with Crippen molar-refractivity contribution in [2.45, 2.75) is 39.3 Å². The number of carbonyl (C=O) groups is 2. The predicted molar refractivity (Wildman–Crippen MR) is 82.3 cm³/mol. The largest absolute Gasteiger partial charge is 0.471 e. The number of nitrogens with zero attached hydrogens (tertiary/aromatic N) is 1. The summed E-state index contributed by atoms with van der Waals surface area (Å²) in [6.45, 7) is 4.35. The Labute approximate surface area is 138 Å². The molecule has 2 rings (SSSR count). The molecule has 1 aliphatic heterocycles. The van der Waals surface area contributed by atoms with Crippen LogP contribution in [0.25, 0.3) is 0 Å². The molecule has 1 fully saturated rings. The van der Waals surface area contributed by atoms with E-state index in [9.17, 15) is 22.8 Å². The Morgan fingerprint density at radius 1 is 1.29 bits per heavy atom. The number of aryl methyl sites for hydroxylation is 2. The summed E-state index contributed by atoms with van der Waals surface area (Å²) in [7, 11) is 0. The van der Waals surface area contributed by atoms with Gasteiger partial charge >= 0.3 is 12.1 Å². The number of H-pyrrole nitrogens is 1. The van der Waals surface area contributed by atoms with E-state index in [0.717, 1.165) is 21.9 Å². The van der Waals surface area contributed by atoms with E-state index >= 15 is 0 Å². The fourth-order valence-electron chi connectivity index (χ4n) is 3.03. The molecule has 2 amide bonds. The van der Waals surface area contributed by atoms with Crippen molar-refractivity contribution in [2.24, 2.45) is 5.92 Å². The lowest BCUT2D eigenvalue weighted by Crippen LogP contribution is -2.47. The summed E-state index contributed by atoms with van der Waals surface area (Å²) in [6, 6.07) is 2.03. The summed E-state index contributed by atoms with van der Waals surface area (Å²) in [4.78, 5) is 27.2. The molecule has 0 saturated carbocycles. The van der Waals surface area contributed by atoms with Crippen molar-refractivity contribution in [2.75, 3.05) is 19.6 Å². The maximum Gasteiger partial charge on any atom is 0.471 e. The van der Waals surface area contributed by atoms with Crippen LogP contribution in [0.4, 0.5) is 13.2 Å². The number of hydrogen-bond acceptors (Lipinski definition) is 2. The van der Waals surface area contributed by atoms with Gasteiger partial charge in [0.15, 0.2) is 0 Å². The first-order valence-corrected chi connectivity index (χ1v) is 7.97. The lowest BCUT2D eigenvalue weighted by atomic mass is 9.95. The number of likely N-dealkylation sites (tertiary alicyclic amines) is 1. The van der Waals surface area contributed by atoms with E-state index in [2.05, 4.69) is 10.3 Å². The van der Waals surface area contributed by atoms with Gasteiger partial charge in [-0.15, -0.1) is 0 Å². The van der Waals surface area contributed by atoms with Gasteiger partial charge in [-0.2, -0.15) is 13.2 Å². The molecule has 5 nitrogen and oxygen atoms in total. The highest BCUT2D eigenvalue weighted by Crippen LogP contribution is 2.24.